The molecule has 2 aromatic rings. The van der Waals surface area contributed by atoms with Crippen molar-refractivity contribution < 1.29 is 14.1 Å². The van der Waals surface area contributed by atoms with Crippen LogP contribution in [0.1, 0.15) is 60.0 Å². The summed E-state index contributed by atoms with van der Waals surface area (Å²) in [5.41, 5.74) is 2.20. The summed E-state index contributed by atoms with van der Waals surface area (Å²) in [6, 6.07) is 5.24. The maximum Gasteiger partial charge on any atom is 0.338 e. The fourth-order valence-electron chi connectivity index (χ4n) is 2.66. The Bertz CT molecular complexity index is 689. The molecule has 1 aromatic carbocycles. The molecule has 0 spiro atoms. The zero-order chi connectivity index (χ0) is 18.2. The molecule has 6 heteroatoms. The fraction of sp³-hybridized carbons (Fsp3) is 0.474. The second kappa shape index (κ2) is 9.83. The third kappa shape index (κ3) is 6.05. The van der Waals surface area contributed by atoms with Gasteiger partial charge in [0.05, 0.1) is 17.9 Å². The molecule has 0 atom stereocenters. The number of carbonyl (C=O) groups is 1. The molecule has 0 N–H and O–H groups in total. The van der Waals surface area contributed by atoms with E-state index in [1.807, 2.05) is 13.0 Å². The van der Waals surface area contributed by atoms with Crippen molar-refractivity contribution in [3.8, 4) is 0 Å². The number of nitrogens with zero attached hydrogens (tertiary/aromatic N) is 1. The molecule has 0 unspecified atom stereocenters. The van der Waals surface area contributed by atoms with E-state index in [1.54, 1.807) is 19.1 Å². The molecular formula is C19H23Cl2NO3. The molecular weight excluding hydrogens is 361 g/mol. The first-order valence-electron chi connectivity index (χ1n) is 8.58. The van der Waals surface area contributed by atoms with Crippen LogP contribution in [0.15, 0.2) is 22.7 Å². The van der Waals surface area contributed by atoms with Crippen molar-refractivity contribution in [2.24, 2.45) is 0 Å². The SMILES string of the molecule is CCOC(=O)c1cc(Cl)c(CCCCCCc2cc(C)no2)c(Cl)c1. The maximum atomic E-state index is 11.8. The Morgan fingerprint density at radius 2 is 1.72 bits per heavy atom. The smallest absolute Gasteiger partial charge is 0.338 e. The third-order valence-electron chi connectivity index (χ3n) is 3.93. The van der Waals surface area contributed by atoms with E-state index < -0.39 is 5.97 Å². The number of halogens is 2. The van der Waals surface area contributed by atoms with Gasteiger partial charge in [-0.25, -0.2) is 4.79 Å². The first-order chi connectivity index (χ1) is 12.0. The van der Waals surface area contributed by atoms with Gasteiger partial charge in [0, 0.05) is 22.5 Å². The van der Waals surface area contributed by atoms with E-state index in [1.165, 1.54) is 0 Å². The molecule has 0 bridgehead atoms. The van der Waals surface area contributed by atoms with Crippen LogP contribution in [0.4, 0.5) is 0 Å². The minimum absolute atomic E-state index is 0.323. The van der Waals surface area contributed by atoms with Crippen LogP contribution in [-0.4, -0.2) is 17.7 Å². The van der Waals surface area contributed by atoms with Gasteiger partial charge >= 0.3 is 5.97 Å². The lowest BCUT2D eigenvalue weighted by molar-refractivity contribution is 0.0526. The number of aryl methyl sites for hydroxylation is 2. The Morgan fingerprint density at radius 3 is 2.28 bits per heavy atom. The molecule has 0 saturated heterocycles. The average molecular weight is 384 g/mol. The molecule has 136 valence electrons. The lowest BCUT2D eigenvalue weighted by Crippen LogP contribution is -2.05. The van der Waals surface area contributed by atoms with Gasteiger partial charge in [-0.05, 0) is 50.8 Å². The Kier molecular flexibility index (Phi) is 7.79. The van der Waals surface area contributed by atoms with Crippen molar-refractivity contribution in [1.29, 1.82) is 0 Å². The Labute approximate surface area is 158 Å². The highest BCUT2D eigenvalue weighted by Crippen LogP contribution is 2.29. The van der Waals surface area contributed by atoms with E-state index in [4.69, 9.17) is 32.5 Å². The molecule has 0 saturated carbocycles. The van der Waals surface area contributed by atoms with Crippen molar-refractivity contribution in [3.63, 3.8) is 0 Å². The number of hydrogen-bond acceptors (Lipinski definition) is 4. The van der Waals surface area contributed by atoms with Crippen LogP contribution in [0.5, 0.6) is 0 Å². The van der Waals surface area contributed by atoms with Crippen LogP contribution in [0.3, 0.4) is 0 Å². The number of carbonyl (C=O) groups excluding carboxylic acids is 1. The Balaban J connectivity index is 1.77. The quantitative estimate of drug-likeness (QED) is 0.404. The first-order valence-corrected chi connectivity index (χ1v) is 9.34. The van der Waals surface area contributed by atoms with Gasteiger partial charge in [-0.3, -0.25) is 0 Å². The van der Waals surface area contributed by atoms with Gasteiger partial charge in [0.25, 0.3) is 0 Å². The standard InChI is InChI=1S/C19H23Cl2NO3/c1-3-24-19(23)14-11-17(20)16(18(21)12-14)9-7-5-4-6-8-15-10-13(2)22-25-15/h10-12H,3-9H2,1-2H3. The summed E-state index contributed by atoms with van der Waals surface area (Å²) in [4.78, 5) is 11.8. The lowest BCUT2D eigenvalue weighted by atomic mass is 10.0. The second-order valence-corrected chi connectivity index (χ2v) is 6.80. The van der Waals surface area contributed by atoms with Crippen molar-refractivity contribution in [2.45, 2.75) is 52.4 Å². The second-order valence-electron chi connectivity index (χ2n) is 5.99. The molecule has 2 rings (SSSR count). The van der Waals surface area contributed by atoms with Crippen LogP contribution in [0, 0.1) is 6.92 Å². The van der Waals surface area contributed by atoms with E-state index in [2.05, 4.69) is 5.16 Å². The summed E-state index contributed by atoms with van der Waals surface area (Å²) in [6.07, 6.45) is 5.96. The highest BCUT2D eigenvalue weighted by molar-refractivity contribution is 6.36. The van der Waals surface area contributed by atoms with E-state index in [-0.39, 0.29) is 0 Å². The molecule has 25 heavy (non-hydrogen) atoms. The zero-order valence-corrected chi connectivity index (χ0v) is 16.1. The molecule has 0 fully saturated rings. The van der Waals surface area contributed by atoms with E-state index >= 15 is 0 Å². The van der Waals surface area contributed by atoms with Crippen LogP contribution in [0.2, 0.25) is 10.0 Å². The number of rotatable bonds is 9. The highest BCUT2D eigenvalue weighted by atomic mass is 35.5. The predicted octanol–water partition coefficient (Wildman–Crippen LogP) is 5.81. The summed E-state index contributed by atoms with van der Waals surface area (Å²) >= 11 is 12.6. The molecule has 0 radical (unpaired) electrons. The van der Waals surface area contributed by atoms with Crippen molar-refractivity contribution in [1.82, 2.24) is 5.16 Å². The summed E-state index contributed by atoms with van der Waals surface area (Å²) in [7, 11) is 0. The molecule has 0 aliphatic rings. The van der Waals surface area contributed by atoms with Gasteiger partial charge < -0.3 is 9.26 Å². The van der Waals surface area contributed by atoms with Crippen molar-refractivity contribution in [2.75, 3.05) is 6.61 Å². The van der Waals surface area contributed by atoms with Gasteiger partial charge in [0.15, 0.2) is 0 Å². The Hall–Kier alpha value is -1.52. The topological polar surface area (TPSA) is 52.3 Å². The minimum Gasteiger partial charge on any atom is -0.462 e. The number of esters is 1. The van der Waals surface area contributed by atoms with Crippen LogP contribution in [-0.2, 0) is 17.6 Å². The van der Waals surface area contributed by atoms with Gasteiger partial charge in [-0.15, -0.1) is 0 Å². The monoisotopic (exact) mass is 383 g/mol. The fourth-order valence-corrected chi connectivity index (χ4v) is 3.34. The van der Waals surface area contributed by atoms with E-state index in [0.29, 0.717) is 22.2 Å². The van der Waals surface area contributed by atoms with Crippen molar-refractivity contribution >= 4 is 29.2 Å². The van der Waals surface area contributed by atoms with Gasteiger partial charge in [0.1, 0.15) is 5.76 Å². The molecule has 0 aliphatic carbocycles. The summed E-state index contributed by atoms with van der Waals surface area (Å²) in [6.45, 7) is 4.01. The number of aromatic nitrogens is 1. The average Bonchev–Trinajstić information content (AvgIpc) is 2.98. The van der Waals surface area contributed by atoms with Crippen LogP contribution >= 0.6 is 23.2 Å². The van der Waals surface area contributed by atoms with E-state index in [0.717, 1.165) is 55.5 Å². The molecule has 4 nitrogen and oxygen atoms in total. The largest absolute Gasteiger partial charge is 0.462 e. The van der Waals surface area contributed by atoms with E-state index in [9.17, 15) is 4.79 Å². The lowest BCUT2D eigenvalue weighted by Gasteiger charge is -2.10. The number of ether oxygens (including phenoxy) is 1. The molecule has 1 heterocycles. The van der Waals surface area contributed by atoms with Crippen LogP contribution in [0.25, 0.3) is 0 Å². The van der Waals surface area contributed by atoms with Gasteiger partial charge in [-0.2, -0.15) is 0 Å². The normalized spacial score (nSPS) is 10.9. The molecule has 0 aliphatic heterocycles. The molecule has 1 aromatic heterocycles. The number of hydrogen-bond donors (Lipinski definition) is 0. The zero-order valence-electron chi connectivity index (χ0n) is 14.6. The summed E-state index contributed by atoms with van der Waals surface area (Å²) < 4.78 is 10.2. The van der Waals surface area contributed by atoms with Gasteiger partial charge in [0.2, 0.25) is 0 Å². The number of unbranched alkanes of at least 4 members (excludes halogenated alkanes) is 3. The maximum absolute atomic E-state index is 11.8. The highest BCUT2D eigenvalue weighted by Gasteiger charge is 2.13. The summed E-state index contributed by atoms with van der Waals surface area (Å²) in [5, 5.41) is 4.93. The predicted molar refractivity (Wildman–Crippen MR) is 99.5 cm³/mol. The van der Waals surface area contributed by atoms with Crippen molar-refractivity contribution in [3.05, 3.63) is 50.8 Å². The molecule has 0 amide bonds. The summed E-state index contributed by atoms with van der Waals surface area (Å²) in [5.74, 6) is 0.540. The first kappa shape index (κ1) is 19.8. The minimum atomic E-state index is -0.402. The number of benzene rings is 1. The third-order valence-corrected chi connectivity index (χ3v) is 4.60. The Morgan fingerprint density at radius 1 is 1.08 bits per heavy atom. The van der Waals surface area contributed by atoms with Crippen LogP contribution < -0.4 is 0 Å². The van der Waals surface area contributed by atoms with Gasteiger partial charge in [-0.1, -0.05) is 41.2 Å².